The fraction of sp³-hybridized carbons (Fsp3) is 0.400. The summed E-state index contributed by atoms with van der Waals surface area (Å²) in [6.45, 7) is 5.05. The first kappa shape index (κ1) is 7.01. The van der Waals surface area contributed by atoms with Crippen molar-refractivity contribution in [2.24, 2.45) is 0 Å². The van der Waals surface area contributed by atoms with Crippen molar-refractivity contribution in [1.82, 2.24) is 0 Å². The molecule has 0 aliphatic rings. The average molecular weight is 115 g/mol. The molecular formula is C5H7O3. The van der Waals surface area contributed by atoms with E-state index >= 15 is 0 Å². The van der Waals surface area contributed by atoms with Gasteiger partial charge in [-0.05, 0) is 13.5 Å². The molecule has 1 radical (unpaired) electrons. The van der Waals surface area contributed by atoms with Crippen LogP contribution in [0.2, 0.25) is 0 Å². The Morgan fingerprint density at radius 1 is 1.75 bits per heavy atom. The summed E-state index contributed by atoms with van der Waals surface area (Å²) in [7, 11) is 0. The first-order valence-electron chi connectivity index (χ1n) is 2.21. The molecule has 0 atom stereocenters. The van der Waals surface area contributed by atoms with Crippen LogP contribution in [0.3, 0.4) is 0 Å². The smallest absolute Gasteiger partial charge is 0.419 e. The van der Waals surface area contributed by atoms with Gasteiger partial charge in [0, 0.05) is 0 Å². The zero-order valence-corrected chi connectivity index (χ0v) is 4.64. The highest BCUT2D eigenvalue weighted by Gasteiger charge is 2.04. The van der Waals surface area contributed by atoms with Gasteiger partial charge in [-0.3, -0.25) is 0 Å². The van der Waals surface area contributed by atoms with E-state index in [1.54, 1.807) is 6.92 Å². The van der Waals surface area contributed by atoms with Crippen molar-refractivity contribution in [1.29, 1.82) is 0 Å². The van der Waals surface area contributed by atoms with Crippen LogP contribution < -0.4 is 0 Å². The molecule has 0 aromatic carbocycles. The number of carbonyl (C=O) groups is 1. The van der Waals surface area contributed by atoms with Crippen LogP contribution in [0.1, 0.15) is 6.92 Å². The standard InChI is InChI=1S/C5H7O3/c1-3-8-4(2)5(6)7/h2-3H2,1H3. The summed E-state index contributed by atoms with van der Waals surface area (Å²) in [6.07, 6.45) is 0. The second-order valence-electron chi connectivity index (χ2n) is 1.14. The molecule has 0 fully saturated rings. The van der Waals surface area contributed by atoms with E-state index in [1.807, 2.05) is 0 Å². The Morgan fingerprint density at radius 2 is 2.25 bits per heavy atom. The van der Waals surface area contributed by atoms with Gasteiger partial charge >= 0.3 is 5.97 Å². The molecule has 0 aromatic rings. The molecular weight excluding hydrogens is 108 g/mol. The third-order valence-electron chi connectivity index (χ3n) is 0.546. The lowest BCUT2D eigenvalue weighted by Gasteiger charge is -1.96. The molecule has 3 heteroatoms. The minimum Gasteiger partial charge on any atom is -0.487 e. The van der Waals surface area contributed by atoms with Gasteiger partial charge in [-0.2, -0.15) is 0 Å². The Balaban J connectivity index is 3.49. The summed E-state index contributed by atoms with van der Waals surface area (Å²) in [5.74, 6) is -1.67. The van der Waals surface area contributed by atoms with Crippen LogP contribution in [-0.4, -0.2) is 12.6 Å². The molecule has 8 heavy (non-hydrogen) atoms. The lowest BCUT2D eigenvalue weighted by molar-refractivity contribution is -0.142. The predicted molar refractivity (Wildman–Crippen MR) is 26.5 cm³/mol. The van der Waals surface area contributed by atoms with Crippen LogP contribution >= 0.6 is 0 Å². The molecule has 0 aliphatic carbocycles. The summed E-state index contributed by atoms with van der Waals surface area (Å²) < 4.78 is 4.45. The van der Waals surface area contributed by atoms with E-state index in [0.29, 0.717) is 6.61 Å². The van der Waals surface area contributed by atoms with E-state index in [2.05, 4.69) is 11.3 Å². The molecule has 0 bridgehead atoms. The summed E-state index contributed by atoms with van der Waals surface area (Å²) in [5.41, 5.74) is 0. The molecule has 0 unspecified atom stereocenters. The summed E-state index contributed by atoms with van der Waals surface area (Å²) >= 11 is 0. The Kier molecular flexibility index (Phi) is 2.69. The molecule has 0 heterocycles. The lowest BCUT2D eigenvalue weighted by atomic mass is 10.6. The second-order valence-corrected chi connectivity index (χ2v) is 1.14. The van der Waals surface area contributed by atoms with E-state index in [0.717, 1.165) is 0 Å². The number of hydrogen-bond acceptors (Lipinski definition) is 2. The molecule has 0 amide bonds. The Bertz CT molecular complexity index is 106. The van der Waals surface area contributed by atoms with Gasteiger partial charge in [-0.15, -0.1) is 0 Å². The highest BCUT2D eigenvalue weighted by atomic mass is 16.5. The Hall–Kier alpha value is -0.990. The zero-order chi connectivity index (χ0) is 6.57. The maximum atomic E-state index is 9.75. The quantitative estimate of drug-likeness (QED) is 0.397. The summed E-state index contributed by atoms with van der Waals surface area (Å²) in [5, 5.41) is 9.75. The minimum absolute atomic E-state index is 0.312. The first-order chi connectivity index (χ1) is 3.68. The molecule has 0 aliphatic heterocycles. The maximum Gasteiger partial charge on any atom is 0.419 e. The number of carbonyl (C=O) groups excluding carboxylic acids is 1. The van der Waals surface area contributed by atoms with E-state index in [4.69, 9.17) is 0 Å². The minimum atomic E-state index is -1.35. The molecule has 45 valence electrons. The topological polar surface area (TPSA) is 46.2 Å². The maximum absolute atomic E-state index is 9.75. The van der Waals surface area contributed by atoms with E-state index in [-0.39, 0.29) is 5.76 Å². The van der Waals surface area contributed by atoms with Gasteiger partial charge < -0.3 is 4.74 Å². The predicted octanol–water partition coefficient (Wildman–Crippen LogP) is 0.494. The van der Waals surface area contributed by atoms with Crippen molar-refractivity contribution in [2.45, 2.75) is 6.92 Å². The van der Waals surface area contributed by atoms with Gasteiger partial charge in [0.2, 0.25) is 5.76 Å². The molecule has 0 aromatic heterocycles. The van der Waals surface area contributed by atoms with Crippen LogP contribution in [-0.2, 0) is 14.6 Å². The summed E-state index contributed by atoms with van der Waals surface area (Å²) in [4.78, 5) is 9.75. The van der Waals surface area contributed by atoms with Gasteiger partial charge in [-0.25, -0.2) is 9.90 Å². The third kappa shape index (κ3) is 2.23. The van der Waals surface area contributed by atoms with Crippen molar-refractivity contribution in [3.63, 3.8) is 0 Å². The monoisotopic (exact) mass is 115 g/mol. The van der Waals surface area contributed by atoms with E-state index < -0.39 is 5.97 Å². The number of rotatable bonds is 3. The number of hydrogen-bond donors (Lipinski definition) is 0. The fourth-order valence-electron chi connectivity index (χ4n) is 0.233. The Morgan fingerprint density at radius 3 is 2.38 bits per heavy atom. The molecule has 3 nitrogen and oxygen atoms in total. The SMILES string of the molecule is C=C(OCC)C([O])=O. The van der Waals surface area contributed by atoms with Crippen molar-refractivity contribution < 1.29 is 14.6 Å². The van der Waals surface area contributed by atoms with Crippen molar-refractivity contribution >= 4 is 5.97 Å². The Labute approximate surface area is 47.6 Å². The fourth-order valence-corrected chi connectivity index (χ4v) is 0.233. The normalized spacial score (nSPS) is 8.12. The zero-order valence-electron chi connectivity index (χ0n) is 4.64. The van der Waals surface area contributed by atoms with Gasteiger partial charge in [0.1, 0.15) is 0 Å². The highest BCUT2D eigenvalue weighted by Crippen LogP contribution is 1.90. The van der Waals surface area contributed by atoms with Crippen molar-refractivity contribution in [3.8, 4) is 0 Å². The molecule has 0 rings (SSSR count). The van der Waals surface area contributed by atoms with Crippen LogP contribution in [0.15, 0.2) is 12.3 Å². The van der Waals surface area contributed by atoms with Crippen molar-refractivity contribution in [2.75, 3.05) is 6.61 Å². The summed E-state index contributed by atoms with van der Waals surface area (Å²) in [6, 6.07) is 0. The van der Waals surface area contributed by atoms with Gasteiger partial charge in [0.25, 0.3) is 0 Å². The second kappa shape index (κ2) is 3.07. The largest absolute Gasteiger partial charge is 0.487 e. The van der Waals surface area contributed by atoms with Crippen LogP contribution in [0, 0.1) is 0 Å². The van der Waals surface area contributed by atoms with Crippen LogP contribution in [0.4, 0.5) is 0 Å². The van der Waals surface area contributed by atoms with Crippen LogP contribution in [0.5, 0.6) is 0 Å². The highest BCUT2D eigenvalue weighted by molar-refractivity contribution is 5.82. The van der Waals surface area contributed by atoms with E-state index in [1.165, 1.54) is 0 Å². The van der Waals surface area contributed by atoms with Gasteiger partial charge in [0.05, 0.1) is 6.61 Å². The lowest BCUT2D eigenvalue weighted by Crippen LogP contribution is -2.00. The first-order valence-corrected chi connectivity index (χ1v) is 2.21. The van der Waals surface area contributed by atoms with Crippen LogP contribution in [0.25, 0.3) is 0 Å². The molecule has 0 saturated heterocycles. The third-order valence-corrected chi connectivity index (χ3v) is 0.546. The number of ether oxygens (including phenoxy) is 1. The average Bonchev–Trinajstić information content (AvgIpc) is 1.67. The van der Waals surface area contributed by atoms with E-state index in [9.17, 15) is 9.90 Å². The molecule has 0 spiro atoms. The van der Waals surface area contributed by atoms with Gasteiger partial charge in [0.15, 0.2) is 0 Å². The van der Waals surface area contributed by atoms with Gasteiger partial charge in [-0.1, -0.05) is 0 Å². The molecule has 0 N–H and O–H groups in total. The molecule has 0 saturated carbocycles. The van der Waals surface area contributed by atoms with Crippen molar-refractivity contribution in [3.05, 3.63) is 12.3 Å².